The number of aryl methyl sites for hydroxylation is 1. The summed E-state index contributed by atoms with van der Waals surface area (Å²) in [6.07, 6.45) is 9.68. The molecule has 3 aliphatic heterocycles. The first kappa shape index (κ1) is 36.9. The van der Waals surface area contributed by atoms with E-state index in [0.29, 0.717) is 49.3 Å². The van der Waals surface area contributed by atoms with E-state index in [2.05, 4.69) is 33.5 Å². The number of nitrogens with zero attached hydrogens (tertiary/aromatic N) is 3. The van der Waals surface area contributed by atoms with E-state index in [9.17, 15) is 18.6 Å². The number of amides is 2. The van der Waals surface area contributed by atoms with Crippen LogP contribution in [0.5, 0.6) is 5.75 Å². The van der Waals surface area contributed by atoms with E-state index < -0.39 is 21.7 Å². The monoisotopic (exact) mass is 751 g/mol. The van der Waals surface area contributed by atoms with Crippen LogP contribution in [0.2, 0.25) is 5.02 Å². The fraction of sp³-hybridized carbons (Fsp3) is 0.575. The highest BCUT2D eigenvalue weighted by Crippen LogP contribution is 2.47. The molecule has 2 aromatic carbocycles. The maximum absolute atomic E-state index is 14.6. The molecule has 0 aromatic heterocycles. The average Bonchev–Trinajstić information content (AvgIpc) is 3.23. The molecule has 2 fully saturated rings. The molecule has 5 aliphatic rings. The molecule has 1 saturated heterocycles. The van der Waals surface area contributed by atoms with Gasteiger partial charge < -0.3 is 24.0 Å². The largest absolute Gasteiger partial charge is 0.490 e. The maximum atomic E-state index is 14.6. The Hall–Kier alpha value is -3.41. The molecule has 52 heavy (non-hydrogen) atoms. The van der Waals surface area contributed by atoms with E-state index in [1.165, 1.54) is 23.1 Å². The van der Waals surface area contributed by atoms with Crippen LogP contribution in [0.3, 0.4) is 0 Å². The lowest BCUT2D eigenvalue weighted by Gasteiger charge is -2.46. The Morgan fingerprint density at radius 3 is 2.69 bits per heavy atom. The lowest BCUT2D eigenvalue weighted by atomic mass is 9.68. The van der Waals surface area contributed by atoms with Gasteiger partial charge in [0.2, 0.25) is 0 Å². The summed E-state index contributed by atoms with van der Waals surface area (Å²) in [5.41, 5.74) is 3.44. The minimum atomic E-state index is -3.26. The first-order valence-electron chi connectivity index (χ1n) is 18.6. The predicted octanol–water partition coefficient (Wildman–Crippen LogP) is 6.72. The van der Waals surface area contributed by atoms with Gasteiger partial charge in [-0.2, -0.15) is 4.36 Å². The zero-order valence-electron chi connectivity index (χ0n) is 30.4. The number of ether oxygens (including phenoxy) is 3. The van der Waals surface area contributed by atoms with Gasteiger partial charge in [0.1, 0.15) is 11.5 Å². The van der Waals surface area contributed by atoms with Crippen molar-refractivity contribution < 1.29 is 32.8 Å². The highest BCUT2D eigenvalue weighted by atomic mass is 35.5. The maximum Gasteiger partial charge on any atom is 0.409 e. The number of hydrogen-bond donors (Lipinski definition) is 0. The van der Waals surface area contributed by atoms with Gasteiger partial charge in [-0.15, -0.1) is 0 Å². The van der Waals surface area contributed by atoms with Crippen LogP contribution < -0.4 is 9.64 Å². The molecular formula is C40H50ClN3O7S. The molecule has 7 rings (SSSR count). The summed E-state index contributed by atoms with van der Waals surface area (Å²) in [5.74, 6) is 0.314. The van der Waals surface area contributed by atoms with Crippen LogP contribution in [0, 0.1) is 23.7 Å². The van der Waals surface area contributed by atoms with Crippen molar-refractivity contribution in [2.75, 3.05) is 63.4 Å². The fourth-order valence-corrected chi connectivity index (χ4v) is 11.6. The zero-order chi connectivity index (χ0) is 36.6. The van der Waals surface area contributed by atoms with Gasteiger partial charge in [-0.25, -0.2) is 9.00 Å². The van der Waals surface area contributed by atoms with Crippen molar-refractivity contribution in [2.24, 2.45) is 28.0 Å². The highest BCUT2D eigenvalue weighted by Gasteiger charge is 2.44. The van der Waals surface area contributed by atoms with Gasteiger partial charge in [-0.05, 0) is 97.7 Å². The van der Waals surface area contributed by atoms with Crippen LogP contribution in [-0.2, 0) is 35.8 Å². The number of Topliss-reactive ketones (excluding diaryl/α,β-unsaturated/α-hetero) is 1. The molecule has 10 nitrogen and oxygen atoms in total. The topological polar surface area (TPSA) is 115 Å². The number of carbonyl (C=O) groups excluding carboxylic acids is 3. The van der Waals surface area contributed by atoms with Crippen molar-refractivity contribution in [1.29, 1.82) is 0 Å². The second kappa shape index (κ2) is 15.1. The van der Waals surface area contributed by atoms with E-state index in [1.807, 2.05) is 25.1 Å². The molecule has 1 saturated carbocycles. The normalized spacial score (nSPS) is 31.1. The molecule has 0 radical (unpaired) electrons. The van der Waals surface area contributed by atoms with Gasteiger partial charge in [-0.1, -0.05) is 36.7 Å². The quantitative estimate of drug-likeness (QED) is 0.310. The Labute approximate surface area is 312 Å². The lowest BCUT2D eigenvalue weighted by molar-refractivity contribution is -0.118. The molecule has 2 amide bonds. The molecule has 6 atom stereocenters. The van der Waals surface area contributed by atoms with Gasteiger partial charge in [0.15, 0.2) is 0 Å². The number of benzene rings is 2. The Kier molecular flexibility index (Phi) is 10.8. The van der Waals surface area contributed by atoms with Crippen LogP contribution in [0.15, 0.2) is 52.9 Å². The Morgan fingerprint density at radius 2 is 1.94 bits per heavy atom. The summed E-state index contributed by atoms with van der Waals surface area (Å²) < 4.78 is 36.5. The molecule has 0 N–H and O–H groups in total. The van der Waals surface area contributed by atoms with Gasteiger partial charge in [0, 0.05) is 67.4 Å². The number of hydrogen-bond acceptors (Lipinski definition) is 8. The zero-order valence-corrected chi connectivity index (χ0v) is 32.0. The summed E-state index contributed by atoms with van der Waals surface area (Å²) >= 11 is 6.46. The fourth-order valence-electron chi connectivity index (χ4n) is 9.08. The SMILES string of the molecule is COC(=O)N1CC(CC(=O)C[S@@]2(=O)=NC(=O)c3ccc4c(c3)N(C[C@@H]3CC[C@H]3[C@@H](OC)/C=C/C[C@H](C)C2)C[C@@]2(CCCc3cc(Cl)ccc32)CO4)C1. The number of rotatable bonds is 5. The Morgan fingerprint density at radius 1 is 1.12 bits per heavy atom. The average molecular weight is 752 g/mol. The van der Waals surface area contributed by atoms with E-state index in [-0.39, 0.29) is 47.1 Å². The number of anilines is 1. The molecule has 2 aromatic rings. The Bertz CT molecular complexity index is 1870. The van der Waals surface area contributed by atoms with Gasteiger partial charge in [0.25, 0.3) is 5.91 Å². The summed E-state index contributed by atoms with van der Waals surface area (Å²) in [4.78, 5) is 43.1. The highest BCUT2D eigenvalue weighted by molar-refractivity contribution is 7.94. The minimum absolute atomic E-state index is 0.0369. The molecule has 12 heteroatoms. The second-order valence-corrected chi connectivity index (χ2v) is 18.5. The van der Waals surface area contributed by atoms with Crippen LogP contribution in [0.1, 0.15) is 66.9 Å². The molecule has 0 unspecified atom stereocenters. The van der Waals surface area contributed by atoms with Crippen molar-refractivity contribution in [3.8, 4) is 5.75 Å². The van der Waals surface area contributed by atoms with Crippen LogP contribution >= 0.6 is 11.6 Å². The van der Waals surface area contributed by atoms with E-state index in [0.717, 1.165) is 55.9 Å². The molecular weight excluding hydrogens is 702 g/mol. The number of allylic oxidation sites excluding steroid dienone is 1. The summed E-state index contributed by atoms with van der Waals surface area (Å²) in [6, 6.07) is 11.6. The third-order valence-corrected chi connectivity index (χ3v) is 14.5. The van der Waals surface area contributed by atoms with Crippen molar-refractivity contribution in [3.05, 3.63) is 70.3 Å². The van der Waals surface area contributed by atoms with Crippen molar-refractivity contribution >= 4 is 44.8 Å². The second-order valence-electron chi connectivity index (χ2n) is 15.7. The molecule has 2 bridgehead atoms. The first-order valence-corrected chi connectivity index (χ1v) is 20.8. The van der Waals surface area contributed by atoms with Crippen LogP contribution in [0.25, 0.3) is 0 Å². The van der Waals surface area contributed by atoms with Gasteiger partial charge in [0.05, 0.1) is 41.0 Å². The third-order valence-electron chi connectivity index (χ3n) is 11.9. The standard InChI is InChI=1S/C40H50ClN3O7S/c1-26-6-4-8-36(49-2)33-12-9-30(33)21-44-24-40(15-5-7-28-17-31(41)11-13-34(28)40)25-51-37-14-10-29(18-35(37)44)38(46)42-52(48,22-26)23-32(45)16-27-19-43(20-27)39(47)50-3/h4,8,10-11,13-14,17-18,26-27,30,33,36H,5-7,9,12,15-16,19-25H2,1-3H3/b8-4+/t26-,30-,33+,36-,40-,52+/m0/s1. The molecule has 3 heterocycles. The van der Waals surface area contributed by atoms with Gasteiger partial charge >= 0.3 is 6.09 Å². The predicted molar refractivity (Wildman–Crippen MR) is 202 cm³/mol. The van der Waals surface area contributed by atoms with E-state index in [4.69, 9.17) is 25.8 Å². The minimum Gasteiger partial charge on any atom is -0.490 e. The number of ketones is 1. The van der Waals surface area contributed by atoms with Gasteiger partial charge in [-0.3, -0.25) is 9.59 Å². The van der Waals surface area contributed by atoms with Crippen LogP contribution in [-0.4, -0.2) is 91.5 Å². The summed E-state index contributed by atoms with van der Waals surface area (Å²) in [5, 5.41) is 0.738. The van der Waals surface area contributed by atoms with E-state index >= 15 is 0 Å². The molecule has 280 valence electrons. The van der Waals surface area contributed by atoms with Crippen LogP contribution in [0.4, 0.5) is 10.5 Å². The smallest absolute Gasteiger partial charge is 0.409 e. The van der Waals surface area contributed by atoms with E-state index in [1.54, 1.807) is 13.2 Å². The number of methoxy groups -OCH3 is 2. The summed E-state index contributed by atoms with van der Waals surface area (Å²) in [7, 11) is -0.163. The number of likely N-dealkylation sites (tertiary alicyclic amines) is 1. The number of carbonyl (C=O) groups is 3. The van der Waals surface area contributed by atoms with Crippen molar-refractivity contribution in [3.63, 3.8) is 0 Å². The Balaban J connectivity index is 1.23. The lowest BCUT2D eigenvalue weighted by Crippen LogP contribution is -2.50. The first-order chi connectivity index (χ1) is 25.0. The van der Waals surface area contributed by atoms with Crippen molar-refractivity contribution in [1.82, 2.24) is 4.90 Å². The summed E-state index contributed by atoms with van der Waals surface area (Å²) in [6.45, 7) is 4.81. The number of halogens is 1. The number of fused-ring (bicyclic) bond motifs is 4. The third kappa shape index (κ3) is 7.64. The molecule has 1 spiro atoms. The van der Waals surface area contributed by atoms with Crippen molar-refractivity contribution in [2.45, 2.75) is 63.4 Å². The molecule has 2 aliphatic carbocycles.